The van der Waals surface area contributed by atoms with Crippen LogP contribution in [0.25, 0.3) is 0 Å². The molecule has 5 nitrogen and oxygen atoms in total. The van der Waals surface area contributed by atoms with E-state index in [2.05, 4.69) is 5.32 Å². The largest absolute Gasteiger partial charge is 0.501 e. The smallest absolute Gasteiger partial charge is 0.383 e. The molecule has 0 unspecified atom stereocenters. The molecule has 1 saturated carbocycles. The molecule has 0 spiro atoms. The average Bonchev–Trinajstić information content (AvgIpc) is 3.13. The van der Waals surface area contributed by atoms with Crippen LogP contribution in [0, 0.1) is 5.41 Å². The molecule has 0 atom stereocenters. The van der Waals surface area contributed by atoms with Gasteiger partial charge in [0.05, 0.1) is 16.3 Å². The molecule has 0 aliphatic heterocycles. The van der Waals surface area contributed by atoms with E-state index in [9.17, 15) is 30.0 Å². The van der Waals surface area contributed by atoms with Crippen LogP contribution >= 0.6 is 0 Å². The highest BCUT2D eigenvalue weighted by Crippen LogP contribution is 2.47. The second kappa shape index (κ2) is 5.66. The zero-order chi connectivity index (χ0) is 17.5. The summed E-state index contributed by atoms with van der Waals surface area (Å²) in [6.45, 7) is 0.102. The van der Waals surface area contributed by atoms with E-state index in [-0.39, 0.29) is 18.0 Å². The van der Waals surface area contributed by atoms with Gasteiger partial charge in [-0.25, -0.2) is 16.8 Å². The van der Waals surface area contributed by atoms with E-state index in [1.54, 1.807) is 0 Å². The molecule has 0 amide bonds. The van der Waals surface area contributed by atoms with Crippen molar-refractivity contribution in [1.82, 2.24) is 0 Å². The summed E-state index contributed by atoms with van der Waals surface area (Å²) in [5.41, 5.74) is -6.11. The van der Waals surface area contributed by atoms with Crippen LogP contribution in [0.3, 0.4) is 0 Å². The molecule has 0 radical (unpaired) electrons. The van der Waals surface area contributed by atoms with Gasteiger partial charge in [-0.3, -0.25) is 0 Å². The lowest BCUT2D eigenvalue weighted by Crippen LogP contribution is -2.27. The maximum atomic E-state index is 12.7. The molecule has 1 aliphatic rings. The van der Waals surface area contributed by atoms with Crippen molar-refractivity contribution in [2.45, 2.75) is 23.2 Å². The van der Waals surface area contributed by atoms with E-state index < -0.39 is 35.5 Å². The number of sulfone groups is 2. The Kier molecular flexibility index (Phi) is 4.44. The molecule has 1 aromatic rings. The Balaban J connectivity index is 2.23. The highest BCUT2D eigenvalue weighted by molar-refractivity contribution is 7.92. The zero-order valence-electron chi connectivity index (χ0n) is 12.2. The summed E-state index contributed by atoms with van der Waals surface area (Å²) in [4.78, 5) is -0.859. The number of nitrogens with one attached hydrogen (secondary N) is 1. The number of alkyl halides is 3. The van der Waals surface area contributed by atoms with E-state index in [0.29, 0.717) is 12.8 Å². The summed E-state index contributed by atoms with van der Waals surface area (Å²) in [5.74, 6) is -0.0822. The van der Waals surface area contributed by atoms with Crippen molar-refractivity contribution < 1.29 is 30.0 Å². The fourth-order valence-corrected chi connectivity index (χ4v) is 4.80. The van der Waals surface area contributed by atoms with E-state index in [1.807, 2.05) is 0 Å². The highest BCUT2D eigenvalue weighted by Gasteiger charge is 2.49. The molecular formula is C13H16F3NO4S2. The van der Waals surface area contributed by atoms with Gasteiger partial charge in [-0.05, 0) is 25.0 Å². The van der Waals surface area contributed by atoms with Gasteiger partial charge in [-0.15, -0.1) is 0 Å². The lowest BCUT2D eigenvalue weighted by Gasteiger charge is -2.18. The number of hydrogen-bond donors (Lipinski definition) is 1. The summed E-state index contributed by atoms with van der Waals surface area (Å²) in [6, 6.07) is 4.72. The average molecular weight is 371 g/mol. The van der Waals surface area contributed by atoms with Gasteiger partial charge in [-0.1, -0.05) is 12.1 Å². The van der Waals surface area contributed by atoms with Crippen LogP contribution in [0.15, 0.2) is 29.2 Å². The first kappa shape index (κ1) is 18.1. The van der Waals surface area contributed by atoms with Crippen LogP contribution in [0.4, 0.5) is 18.9 Å². The first-order chi connectivity index (χ1) is 10.4. The molecule has 0 bridgehead atoms. The number of rotatable bonds is 6. The molecule has 0 saturated heterocycles. The molecule has 1 aliphatic carbocycles. The van der Waals surface area contributed by atoms with Crippen molar-refractivity contribution in [3.63, 3.8) is 0 Å². The summed E-state index contributed by atoms with van der Waals surface area (Å²) in [7, 11) is -8.69. The molecule has 1 N–H and O–H groups in total. The number of anilines is 1. The topological polar surface area (TPSA) is 80.3 Å². The number of halogens is 3. The highest BCUT2D eigenvalue weighted by atomic mass is 32.2. The van der Waals surface area contributed by atoms with Gasteiger partial charge in [-0.2, -0.15) is 13.2 Å². The fourth-order valence-electron chi connectivity index (χ4n) is 2.36. The minimum Gasteiger partial charge on any atom is -0.383 e. The van der Waals surface area contributed by atoms with Gasteiger partial charge in [0.1, 0.15) is 9.84 Å². The fraction of sp³-hybridized carbons (Fsp3) is 0.538. The maximum absolute atomic E-state index is 12.7. The second-order valence-corrected chi connectivity index (χ2v) is 9.92. The first-order valence-corrected chi connectivity index (χ1v) is 10.2. The molecule has 1 fully saturated rings. The van der Waals surface area contributed by atoms with Crippen molar-refractivity contribution in [1.29, 1.82) is 0 Å². The number of para-hydroxylation sites is 1. The first-order valence-electron chi connectivity index (χ1n) is 6.68. The lowest BCUT2D eigenvalue weighted by molar-refractivity contribution is -0.0435. The van der Waals surface area contributed by atoms with Crippen molar-refractivity contribution in [2.75, 3.05) is 23.9 Å². The third-order valence-corrected chi connectivity index (χ3v) is 6.34. The summed E-state index contributed by atoms with van der Waals surface area (Å²) in [5, 5.41) is 2.67. The van der Waals surface area contributed by atoms with Crippen molar-refractivity contribution >= 4 is 25.4 Å². The number of benzene rings is 1. The molecule has 2 rings (SSSR count). The Morgan fingerprint density at radius 2 is 1.70 bits per heavy atom. The summed E-state index contributed by atoms with van der Waals surface area (Å²) < 4.78 is 84.1. The van der Waals surface area contributed by atoms with Gasteiger partial charge in [0.25, 0.3) is 9.84 Å². The third-order valence-electron chi connectivity index (χ3n) is 3.66. The third kappa shape index (κ3) is 4.17. The van der Waals surface area contributed by atoms with Crippen LogP contribution in [0.2, 0.25) is 0 Å². The Morgan fingerprint density at radius 1 is 1.13 bits per heavy atom. The normalized spacial score (nSPS) is 17.7. The van der Waals surface area contributed by atoms with Gasteiger partial charge in [0.15, 0.2) is 0 Å². The minimum absolute atomic E-state index is 0.0822. The van der Waals surface area contributed by atoms with Crippen molar-refractivity contribution in [3.05, 3.63) is 24.3 Å². The molecule has 10 heteroatoms. The van der Waals surface area contributed by atoms with Gasteiger partial charge < -0.3 is 5.32 Å². The van der Waals surface area contributed by atoms with E-state index in [4.69, 9.17) is 0 Å². The molecular weight excluding hydrogens is 355 g/mol. The Labute approximate surface area is 132 Å². The second-order valence-electron chi connectivity index (χ2n) is 5.87. The van der Waals surface area contributed by atoms with Crippen LogP contribution in [-0.4, -0.2) is 40.9 Å². The standard InChI is InChI=1S/C13H16F3NO4S2/c1-22(18,19)9-12(6-7-12)8-17-10-4-2-3-5-11(10)23(20,21)13(14,15)16/h2-5,17H,6-9H2,1H3. The van der Waals surface area contributed by atoms with E-state index >= 15 is 0 Å². The number of hydrogen-bond acceptors (Lipinski definition) is 5. The van der Waals surface area contributed by atoms with Crippen molar-refractivity contribution in [2.24, 2.45) is 5.41 Å². The molecule has 23 heavy (non-hydrogen) atoms. The quantitative estimate of drug-likeness (QED) is 0.829. The predicted molar refractivity (Wildman–Crippen MR) is 79.6 cm³/mol. The van der Waals surface area contributed by atoms with Crippen LogP contribution in [-0.2, 0) is 19.7 Å². The molecule has 0 heterocycles. The molecule has 1 aromatic carbocycles. The zero-order valence-corrected chi connectivity index (χ0v) is 13.9. The monoisotopic (exact) mass is 371 g/mol. The van der Waals surface area contributed by atoms with Gasteiger partial charge in [0.2, 0.25) is 0 Å². The maximum Gasteiger partial charge on any atom is 0.501 e. The summed E-state index contributed by atoms with van der Waals surface area (Å²) >= 11 is 0. The van der Waals surface area contributed by atoms with Gasteiger partial charge >= 0.3 is 5.51 Å². The molecule has 0 aromatic heterocycles. The van der Waals surface area contributed by atoms with Crippen LogP contribution in [0.1, 0.15) is 12.8 Å². The van der Waals surface area contributed by atoms with Gasteiger partial charge in [0, 0.05) is 18.2 Å². The van der Waals surface area contributed by atoms with Crippen LogP contribution < -0.4 is 5.32 Å². The predicted octanol–water partition coefficient (Wildman–Crippen LogP) is 2.22. The minimum atomic E-state index is -5.47. The Morgan fingerprint density at radius 3 is 2.17 bits per heavy atom. The van der Waals surface area contributed by atoms with E-state index in [1.165, 1.54) is 18.2 Å². The van der Waals surface area contributed by atoms with E-state index in [0.717, 1.165) is 12.3 Å². The Bertz CT molecular complexity index is 797. The Hall–Kier alpha value is -1.29. The lowest BCUT2D eigenvalue weighted by atomic mass is 10.1. The molecule has 130 valence electrons. The SMILES string of the molecule is CS(=O)(=O)CC1(CNc2ccccc2S(=O)(=O)C(F)(F)F)CC1. The summed E-state index contributed by atoms with van der Waals surface area (Å²) in [6.07, 6.45) is 2.34. The van der Waals surface area contributed by atoms with Crippen LogP contribution in [0.5, 0.6) is 0 Å². The van der Waals surface area contributed by atoms with Crippen molar-refractivity contribution in [3.8, 4) is 0 Å².